The third-order valence-electron chi connectivity index (χ3n) is 5.78. The molecule has 2 fully saturated rings. The lowest BCUT2D eigenvalue weighted by Crippen LogP contribution is -2.26. The van der Waals surface area contributed by atoms with Crippen molar-refractivity contribution in [1.29, 1.82) is 0 Å². The Hall–Kier alpha value is -0.790. The molecule has 2 saturated carbocycles. The molecule has 2 nitrogen and oxygen atoms in total. The predicted octanol–water partition coefficient (Wildman–Crippen LogP) is 5.04. The number of hydrogen-bond donors (Lipinski definition) is 1. The van der Waals surface area contributed by atoms with Gasteiger partial charge in [-0.15, -0.1) is 0 Å². The van der Waals surface area contributed by atoms with Gasteiger partial charge in [-0.2, -0.15) is 0 Å². The molecular weight excluding hydrogens is 248 g/mol. The molecular formula is C18H30O2. The minimum atomic E-state index is -0.761. The topological polar surface area (TPSA) is 37.3 Å². The zero-order chi connectivity index (χ0) is 14.5. The molecule has 2 heteroatoms. The molecule has 0 bridgehead atoms. The predicted molar refractivity (Wildman–Crippen MR) is 82.6 cm³/mol. The number of carboxylic acids is 1. The van der Waals surface area contributed by atoms with Gasteiger partial charge in [0.1, 0.15) is 0 Å². The number of carboxylic acid groups (broad SMARTS) is 1. The lowest BCUT2D eigenvalue weighted by atomic mass is 9.69. The van der Waals surface area contributed by atoms with Crippen molar-refractivity contribution < 1.29 is 9.90 Å². The van der Waals surface area contributed by atoms with E-state index in [0.717, 1.165) is 17.8 Å². The molecule has 1 unspecified atom stereocenters. The van der Waals surface area contributed by atoms with Crippen LogP contribution >= 0.6 is 0 Å². The standard InChI is InChI=1S/C18H30O2/c1-13(18(19)20)12-15-8-10-17(11-9-15)14(2)16-6-4-3-5-7-16/h12,14-17H,3-11H2,1-2H3,(H,19,20). The summed E-state index contributed by atoms with van der Waals surface area (Å²) in [5, 5.41) is 8.95. The van der Waals surface area contributed by atoms with E-state index in [9.17, 15) is 4.79 Å². The van der Waals surface area contributed by atoms with E-state index < -0.39 is 5.97 Å². The number of hydrogen-bond acceptors (Lipinski definition) is 1. The van der Waals surface area contributed by atoms with Crippen molar-refractivity contribution in [2.75, 3.05) is 0 Å². The van der Waals surface area contributed by atoms with Crippen LogP contribution in [0, 0.1) is 23.7 Å². The molecule has 1 atom stereocenters. The number of aliphatic carboxylic acids is 1. The minimum Gasteiger partial charge on any atom is -0.478 e. The smallest absolute Gasteiger partial charge is 0.330 e. The molecule has 0 aromatic carbocycles. The van der Waals surface area contributed by atoms with Gasteiger partial charge < -0.3 is 5.11 Å². The van der Waals surface area contributed by atoms with Crippen molar-refractivity contribution in [3.63, 3.8) is 0 Å². The second-order valence-electron chi connectivity index (χ2n) is 7.09. The largest absolute Gasteiger partial charge is 0.478 e. The quantitative estimate of drug-likeness (QED) is 0.731. The molecule has 0 aromatic rings. The highest BCUT2D eigenvalue weighted by molar-refractivity contribution is 5.85. The number of rotatable bonds is 4. The van der Waals surface area contributed by atoms with Gasteiger partial charge >= 0.3 is 5.97 Å². The first-order chi connectivity index (χ1) is 9.58. The summed E-state index contributed by atoms with van der Waals surface area (Å²) in [4.78, 5) is 10.9. The second kappa shape index (κ2) is 7.28. The van der Waals surface area contributed by atoms with Gasteiger partial charge in [0.15, 0.2) is 0 Å². The molecule has 2 aliphatic carbocycles. The Morgan fingerprint density at radius 3 is 2.10 bits per heavy atom. The maximum absolute atomic E-state index is 10.9. The summed E-state index contributed by atoms with van der Waals surface area (Å²) in [6.45, 7) is 4.19. The molecule has 0 spiro atoms. The maximum Gasteiger partial charge on any atom is 0.330 e. The Balaban J connectivity index is 1.81. The summed E-state index contributed by atoms with van der Waals surface area (Å²) in [7, 11) is 0. The Labute approximate surface area is 123 Å². The van der Waals surface area contributed by atoms with Crippen molar-refractivity contribution in [3.05, 3.63) is 11.6 Å². The zero-order valence-corrected chi connectivity index (χ0v) is 13.1. The van der Waals surface area contributed by atoms with Crippen molar-refractivity contribution >= 4 is 5.97 Å². The Kier molecular flexibility index (Phi) is 5.68. The molecule has 20 heavy (non-hydrogen) atoms. The summed E-state index contributed by atoms with van der Waals surface area (Å²) >= 11 is 0. The SMILES string of the molecule is CC(=CC1CCC(C(C)C2CCCCC2)CC1)C(=O)O. The van der Waals surface area contributed by atoms with Crippen LogP contribution in [-0.4, -0.2) is 11.1 Å². The van der Waals surface area contributed by atoms with Gasteiger partial charge in [0.05, 0.1) is 0 Å². The molecule has 2 aliphatic rings. The molecule has 2 rings (SSSR count). The maximum atomic E-state index is 10.9. The van der Waals surface area contributed by atoms with Crippen molar-refractivity contribution in [2.45, 2.75) is 71.6 Å². The van der Waals surface area contributed by atoms with E-state index in [1.165, 1.54) is 57.8 Å². The van der Waals surface area contributed by atoms with Gasteiger partial charge in [0, 0.05) is 5.57 Å². The number of allylic oxidation sites excluding steroid dienone is 1. The number of carbonyl (C=O) groups is 1. The highest BCUT2D eigenvalue weighted by atomic mass is 16.4. The van der Waals surface area contributed by atoms with Crippen LogP contribution < -0.4 is 0 Å². The van der Waals surface area contributed by atoms with Gasteiger partial charge in [-0.25, -0.2) is 4.79 Å². The van der Waals surface area contributed by atoms with Crippen molar-refractivity contribution in [3.8, 4) is 0 Å². The van der Waals surface area contributed by atoms with Crippen LogP contribution in [0.25, 0.3) is 0 Å². The van der Waals surface area contributed by atoms with Crippen molar-refractivity contribution in [1.82, 2.24) is 0 Å². The third kappa shape index (κ3) is 4.10. The van der Waals surface area contributed by atoms with E-state index in [1.807, 2.05) is 6.08 Å². The van der Waals surface area contributed by atoms with Gasteiger partial charge in [0.2, 0.25) is 0 Å². The summed E-state index contributed by atoms with van der Waals surface area (Å²) in [6.07, 6.45) is 14.2. The van der Waals surface area contributed by atoms with E-state index in [2.05, 4.69) is 6.92 Å². The molecule has 0 aromatic heterocycles. The second-order valence-corrected chi connectivity index (χ2v) is 7.09. The van der Waals surface area contributed by atoms with E-state index in [4.69, 9.17) is 5.11 Å². The highest BCUT2D eigenvalue weighted by Gasteiger charge is 2.30. The van der Waals surface area contributed by atoms with E-state index in [0.29, 0.717) is 11.5 Å². The summed E-state index contributed by atoms with van der Waals surface area (Å²) in [5.74, 6) is 2.46. The fraction of sp³-hybridized carbons (Fsp3) is 0.833. The van der Waals surface area contributed by atoms with E-state index in [1.54, 1.807) is 6.92 Å². The summed E-state index contributed by atoms with van der Waals surface area (Å²) in [5.41, 5.74) is 0.522. The average Bonchev–Trinajstić information content (AvgIpc) is 2.48. The average molecular weight is 278 g/mol. The van der Waals surface area contributed by atoms with Gasteiger partial charge in [-0.05, 0) is 56.3 Å². The first-order valence-corrected chi connectivity index (χ1v) is 8.49. The first-order valence-electron chi connectivity index (χ1n) is 8.49. The Morgan fingerprint density at radius 2 is 1.55 bits per heavy atom. The van der Waals surface area contributed by atoms with Crippen LogP contribution in [0.5, 0.6) is 0 Å². The zero-order valence-electron chi connectivity index (χ0n) is 13.1. The van der Waals surface area contributed by atoms with Crippen LogP contribution in [0.3, 0.4) is 0 Å². The highest BCUT2D eigenvalue weighted by Crippen LogP contribution is 2.41. The lowest BCUT2D eigenvalue weighted by Gasteiger charge is -2.37. The van der Waals surface area contributed by atoms with E-state index >= 15 is 0 Å². The molecule has 114 valence electrons. The molecule has 0 heterocycles. The Bertz CT molecular complexity index is 344. The van der Waals surface area contributed by atoms with Gasteiger partial charge in [-0.3, -0.25) is 0 Å². The summed E-state index contributed by atoms with van der Waals surface area (Å²) in [6, 6.07) is 0. The monoisotopic (exact) mass is 278 g/mol. The van der Waals surface area contributed by atoms with Crippen LogP contribution in [-0.2, 0) is 4.79 Å². The molecule has 0 radical (unpaired) electrons. The third-order valence-corrected chi connectivity index (χ3v) is 5.78. The van der Waals surface area contributed by atoms with Crippen LogP contribution in [0.15, 0.2) is 11.6 Å². The molecule has 1 N–H and O–H groups in total. The lowest BCUT2D eigenvalue weighted by molar-refractivity contribution is -0.132. The molecule has 0 amide bonds. The Morgan fingerprint density at radius 1 is 1.00 bits per heavy atom. The van der Waals surface area contributed by atoms with E-state index in [-0.39, 0.29) is 0 Å². The van der Waals surface area contributed by atoms with Crippen LogP contribution in [0.2, 0.25) is 0 Å². The van der Waals surface area contributed by atoms with Gasteiger partial charge in [0.25, 0.3) is 0 Å². The fourth-order valence-electron chi connectivity index (χ4n) is 4.31. The summed E-state index contributed by atoms with van der Waals surface area (Å²) < 4.78 is 0. The van der Waals surface area contributed by atoms with Gasteiger partial charge in [-0.1, -0.05) is 45.1 Å². The van der Waals surface area contributed by atoms with Crippen LogP contribution in [0.4, 0.5) is 0 Å². The first kappa shape index (κ1) is 15.6. The van der Waals surface area contributed by atoms with Crippen molar-refractivity contribution in [2.24, 2.45) is 23.7 Å². The van der Waals surface area contributed by atoms with Crippen LogP contribution in [0.1, 0.15) is 71.6 Å². The molecule has 0 aliphatic heterocycles. The normalized spacial score (nSPS) is 31.0. The fourth-order valence-corrected chi connectivity index (χ4v) is 4.31. The minimum absolute atomic E-state index is 0.501. The molecule has 0 saturated heterocycles.